The number of esters is 1. The number of anilines is 2. The van der Waals surface area contributed by atoms with Crippen molar-refractivity contribution in [3.05, 3.63) is 57.0 Å². The average Bonchev–Trinajstić information content (AvgIpc) is 2.69. The van der Waals surface area contributed by atoms with Crippen molar-refractivity contribution in [3.8, 4) is 0 Å². The number of benzene rings is 2. The normalized spacial score (nSPS) is 10.3. The molecule has 0 saturated carbocycles. The van der Waals surface area contributed by atoms with Crippen LogP contribution in [0.4, 0.5) is 11.4 Å². The van der Waals surface area contributed by atoms with Crippen LogP contribution in [0.3, 0.4) is 0 Å². The second-order valence-corrected chi connectivity index (χ2v) is 7.61. The van der Waals surface area contributed by atoms with Crippen LogP contribution in [0, 0.1) is 6.92 Å². The Morgan fingerprint density at radius 1 is 1.03 bits per heavy atom. The van der Waals surface area contributed by atoms with E-state index in [-0.39, 0.29) is 18.7 Å². The molecule has 0 aliphatic rings. The zero-order valence-electron chi connectivity index (χ0n) is 16.2. The topological polar surface area (TPSA) is 84.5 Å². The van der Waals surface area contributed by atoms with Crippen LogP contribution in [0.2, 0.25) is 5.02 Å². The molecule has 2 aromatic carbocycles. The minimum atomic E-state index is -0.621. The first-order chi connectivity index (χ1) is 13.8. The van der Waals surface area contributed by atoms with Gasteiger partial charge in [-0.1, -0.05) is 36.7 Å². The molecule has 2 N–H and O–H groups in total. The van der Waals surface area contributed by atoms with Gasteiger partial charge in [0.15, 0.2) is 6.61 Å². The lowest BCUT2D eigenvalue weighted by Gasteiger charge is -2.11. The van der Waals surface area contributed by atoms with Gasteiger partial charge in [0.2, 0.25) is 5.91 Å². The van der Waals surface area contributed by atoms with Crippen LogP contribution < -0.4 is 10.6 Å². The molecule has 0 saturated heterocycles. The smallest absolute Gasteiger partial charge is 0.306 e. The molecule has 6 nitrogen and oxygen atoms in total. The van der Waals surface area contributed by atoms with E-state index in [1.54, 1.807) is 12.1 Å². The third-order valence-electron chi connectivity index (χ3n) is 4.13. The van der Waals surface area contributed by atoms with Gasteiger partial charge in [0, 0.05) is 22.3 Å². The van der Waals surface area contributed by atoms with Crippen LogP contribution in [-0.2, 0) is 25.5 Å². The minimum absolute atomic E-state index is 0.0278. The molecule has 0 spiro atoms. The van der Waals surface area contributed by atoms with Gasteiger partial charge in [0.25, 0.3) is 5.91 Å². The van der Waals surface area contributed by atoms with E-state index in [0.717, 1.165) is 27.7 Å². The highest BCUT2D eigenvalue weighted by molar-refractivity contribution is 9.10. The van der Waals surface area contributed by atoms with E-state index >= 15 is 0 Å². The second kappa shape index (κ2) is 11.0. The van der Waals surface area contributed by atoms with E-state index in [9.17, 15) is 14.4 Å². The minimum Gasteiger partial charge on any atom is -0.456 e. The quantitative estimate of drug-likeness (QED) is 0.527. The van der Waals surface area contributed by atoms with Crippen molar-refractivity contribution in [1.29, 1.82) is 0 Å². The largest absolute Gasteiger partial charge is 0.456 e. The molecule has 29 heavy (non-hydrogen) atoms. The third kappa shape index (κ3) is 7.18. The summed E-state index contributed by atoms with van der Waals surface area (Å²) < 4.78 is 5.67. The van der Waals surface area contributed by atoms with Crippen molar-refractivity contribution in [3.63, 3.8) is 0 Å². The maximum absolute atomic E-state index is 12.0. The van der Waals surface area contributed by atoms with Crippen LogP contribution in [0.5, 0.6) is 0 Å². The molecule has 0 aromatic heterocycles. The Bertz CT molecular complexity index is 918. The molecule has 0 heterocycles. The fraction of sp³-hybridized carbons (Fsp3) is 0.286. The lowest BCUT2D eigenvalue weighted by Crippen LogP contribution is -2.22. The Morgan fingerprint density at radius 2 is 1.72 bits per heavy atom. The zero-order chi connectivity index (χ0) is 21.4. The monoisotopic (exact) mass is 480 g/mol. The molecule has 0 aliphatic carbocycles. The van der Waals surface area contributed by atoms with Crippen LogP contribution in [-0.4, -0.2) is 24.4 Å². The predicted octanol–water partition coefficient (Wildman–Crippen LogP) is 4.87. The fourth-order valence-corrected chi connectivity index (χ4v) is 3.19. The van der Waals surface area contributed by atoms with Crippen molar-refractivity contribution in [2.45, 2.75) is 33.1 Å². The van der Waals surface area contributed by atoms with Crippen LogP contribution >= 0.6 is 27.5 Å². The predicted molar refractivity (Wildman–Crippen MR) is 117 cm³/mol. The number of carbonyl (C=O) groups is 3. The Morgan fingerprint density at radius 3 is 2.45 bits per heavy atom. The van der Waals surface area contributed by atoms with Crippen molar-refractivity contribution < 1.29 is 19.1 Å². The lowest BCUT2D eigenvalue weighted by molar-refractivity contribution is -0.147. The zero-order valence-corrected chi connectivity index (χ0v) is 18.5. The Labute approximate surface area is 183 Å². The van der Waals surface area contributed by atoms with E-state index in [4.69, 9.17) is 16.3 Å². The number of halogens is 2. The number of rotatable bonds is 8. The molecule has 0 radical (unpaired) electrons. The number of nitrogens with one attached hydrogen (secondary N) is 2. The van der Waals surface area contributed by atoms with Gasteiger partial charge in [-0.2, -0.15) is 0 Å². The molecule has 0 fully saturated rings. The summed E-state index contributed by atoms with van der Waals surface area (Å²) in [6.45, 7) is 3.38. The number of hydrogen-bond acceptors (Lipinski definition) is 4. The first-order valence-electron chi connectivity index (χ1n) is 9.09. The summed E-state index contributed by atoms with van der Waals surface area (Å²) in [5, 5.41) is 5.89. The second-order valence-electron chi connectivity index (χ2n) is 6.35. The Kier molecular flexibility index (Phi) is 8.67. The summed E-state index contributed by atoms with van der Waals surface area (Å²) >= 11 is 9.33. The number of aryl methyl sites for hydroxylation is 2. The van der Waals surface area contributed by atoms with Crippen molar-refractivity contribution >= 4 is 56.7 Å². The Hall–Kier alpha value is -2.38. The highest BCUT2D eigenvalue weighted by Crippen LogP contribution is 2.28. The molecular formula is C21H22BrClN2O4. The SMILES string of the molecule is CCc1ccccc1NC(=O)CCC(=O)OCC(=O)Nc1cc(Cl)c(Br)cc1C. The van der Waals surface area contributed by atoms with Crippen molar-refractivity contribution in [2.24, 2.45) is 0 Å². The highest BCUT2D eigenvalue weighted by atomic mass is 79.9. The molecular weight excluding hydrogens is 460 g/mol. The van der Waals surface area contributed by atoms with Gasteiger partial charge < -0.3 is 15.4 Å². The molecule has 0 atom stereocenters. The molecule has 154 valence electrons. The number of carbonyl (C=O) groups excluding carboxylic acids is 3. The van der Waals surface area contributed by atoms with E-state index in [0.29, 0.717) is 10.7 Å². The third-order valence-corrected chi connectivity index (χ3v) is 5.33. The fourth-order valence-electron chi connectivity index (χ4n) is 2.56. The molecule has 0 aliphatic heterocycles. The number of ether oxygens (including phenoxy) is 1. The maximum Gasteiger partial charge on any atom is 0.306 e. The first kappa shape index (κ1) is 22.9. The average molecular weight is 482 g/mol. The van der Waals surface area contributed by atoms with Gasteiger partial charge in [-0.15, -0.1) is 0 Å². The van der Waals surface area contributed by atoms with Gasteiger partial charge in [-0.3, -0.25) is 14.4 Å². The lowest BCUT2D eigenvalue weighted by atomic mass is 10.1. The molecule has 2 rings (SSSR count). The summed E-state index contributed by atoms with van der Waals surface area (Å²) in [6.07, 6.45) is 0.646. The van der Waals surface area contributed by atoms with Gasteiger partial charge >= 0.3 is 5.97 Å². The van der Waals surface area contributed by atoms with Gasteiger partial charge in [-0.25, -0.2) is 0 Å². The maximum atomic E-state index is 12.0. The van der Waals surface area contributed by atoms with Gasteiger partial charge in [-0.05, 0) is 58.6 Å². The van der Waals surface area contributed by atoms with Gasteiger partial charge in [0.05, 0.1) is 11.4 Å². The number of amides is 2. The van der Waals surface area contributed by atoms with Crippen LogP contribution in [0.1, 0.15) is 30.9 Å². The molecule has 2 aromatic rings. The summed E-state index contributed by atoms with van der Waals surface area (Å²) in [6, 6.07) is 10.9. The number of hydrogen-bond donors (Lipinski definition) is 2. The number of para-hydroxylation sites is 1. The first-order valence-corrected chi connectivity index (χ1v) is 10.3. The van der Waals surface area contributed by atoms with Crippen LogP contribution in [0.25, 0.3) is 0 Å². The van der Waals surface area contributed by atoms with Gasteiger partial charge in [0.1, 0.15) is 0 Å². The van der Waals surface area contributed by atoms with E-state index in [1.807, 2.05) is 38.1 Å². The summed E-state index contributed by atoms with van der Waals surface area (Å²) in [5.41, 5.74) is 3.10. The summed E-state index contributed by atoms with van der Waals surface area (Å²) in [5.74, 6) is -1.39. The summed E-state index contributed by atoms with van der Waals surface area (Å²) in [7, 11) is 0. The molecule has 0 bridgehead atoms. The van der Waals surface area contributed by atoms with Crippen molar-refractivity contribution in [2.75, 3.05) is 17.2 Å². The van der Waals surface area contributed by atoms with E-state index < -0.39 is 18.5 Å². The van der Waals surface area contributed by atoms with E-state index in [1.165, 1.54) is 0 Å². The molecule has 8 heteroatoms. The molecule has 2 amide bonds. The standard InChI is InChI=1S/C21H22BrClN2O4/c1-3-14-6-4-5-7-17(14)24-19(26)8-9-21(28)29-12-20(27)25-18-11-16(23)15(22)10-13(18)2/h4-7,10-11H,3,8-9,12H2,1-2H3,(H,24,26)(H,25,27). The Balaban J connectivity index is 1.76. The molecule has 0 unspecified atom stereocenters. The van der Waals surface area contributed by atoms with Crippen LogP contribution in [0.15, 0.2) is 40.9 Å². The highest BCUT2D eigenvalue weighted by Gasteiger charge is 2.13. The van der Waals surface area contributed by atoms with E-state index in [2.05, 4.69) is 26.6 Å². The van der Waals surface area contributed by atoms with Crippen molar-refractivity contribution in [1.82, 2.24) is 0 Å². The summed E-state index contributed by atoms with van der Waals surface area (Å²) in [4.78, 5) is 35.9.